The van der Waals surface area contributed by atoms with E-state index >= 15 is 0 Å². The molecule has 5 aliphatic rings. The molecule has 0 aromatic carbocycles. The fourth-order valence-corrected chi connectivity index (χ4v) is 5.46. The first-order valence-electron chi connectivity index (χ1n) is 8.42. The standard InChI is InChI=1S/C18H22O5/c1-16(22-2)11-6-8-18(15(16)21)12(9-11)14(20)23-10-17(18)7-4-3-5-13(17)19/h6,8,11-12H,3-5,7,9-10H2,1-2H3/t11-,12?,16?,17+,18-/m1/s1. The molecule has 0 amide bonds. The highest BCUT2D eigenvalue weighted by Gasteiger charge is 2.74. The lowest BCUT2D eigenvalue weighted by molar-refractivity contribution is -0.212. The number of esters is 1. The summed E-state index contributed by atoms with van der Waals surface area (Å²) in [5.41, 5.74) is -2.95. The Hall–Kier alpha value is -1.49. The van der Waals surface area contributed by atoms with E-state index in [9.17, 15) is 14.4 Å². The lowest BCUT2D eigenvalue weighted by atomic mass is 9.41. The number of hydrogen-bond acceptors (Lipinski definition) is 5. The van der Waals surface area contributed by atoms with Gasteiger partial charge in [-0.25, -0.2) is 0 Å². The first kappa shape index (κ1) is 15.1. The van der Waals surface area contributed by atoms with Gasteiger partial charge in [0.05, 0.1) is 16.7 Å². The molecule has 5 heteroatoms. The van der Waals surface area contributed by atoms with E-state index in [1.165, 1.54) is 7.11 Å². The van der Waals surface area contributed by atoms with Crippen LogP contribution in [0.15, 0.2) is 12.2 Å². The van der Waals surface area contributed by atoms with E-state index in [-0.39, 0.29) is 30.1 Å². The zero-order valence-corrected chi connectivity index (χ0v) is 13.6. The van der Waals surface area contributed by atoms with Crippen molar-refractivity contribution in [3.63, 3.8) is 0 Å². The highest BCUT2D eigenvalue weighted by molar-refractivity contribution is 6.06. The highest BCUT2D eigenvalue weighted by atomic mass is 16.5. The van der Waals surface area contributed by atoms with Crippen molar-refractivity contribution in [2.45, 2.75) is 44.6 Å². The molecule has 2 saturated carbocycles. The summed E-state index contributed by atoms with van der Waals surface area (Å²) >= 11 is 0. The Bertz CT molecular complexity index is 637. The summed E-state index contributed by atoms with van der Waals surface area (Å²) in [4.78, 5) is 38.9. The van der Waals surface area contributed by atoms with E-state index in [0.717, 1.165) is 12.8 Å². The molecule has 0 radical (unpaired) electrons. The second-order valence-electron chi connectivity index (χ2n) is 7.58. The Morgan fingerprint density at radius 3 is 2.74 bits per heavy atom. The van der Waals surface area contributed by atoms with Crippen LogP contribution in [0.4, 0.5) is 0 Å². The number of carbonyl (C=O) groups excluding carboxylic acids is 3. The molecule has 23 heavy (non-hydrogen) atoms. The molecule has 5 atom stereocenters. The number of hydrogen-bond donors (Lipinski definition) is 0. The van der Waals surface area contributed by atoms with Crippen molar-refractivity contribution in [1.29, 1.82) is 0 Å². The molecular weight excluding hydrogens is 296 g/mol. The fraction of sp³-hybridized carbons (Fsp3) is 0.722. The van der Waals surface area contributed by atoms with Crippen molar-refractivity contribution >= 4 is 17.5 Å². The third kappa shape index (κ3) is 1.50. The van der Waals surface area contributed by atoms with Crippen LogP contribution in [0.5, 0.6) is 0 Å². The van der Waals surface area contributed by atoms with Crippen molar-refractivity contribution in [3.05, 3.63) is 12.2 Å². The Kier molecular flexibility index (Phi) is 2.97. The quantitative estimate of drug-likeness (QED) is 0.545. The average molecular weight is 318 g/mol. The second-order valence-corrected chi connectivity index (χ2v) is 7.58. The highest BCUT2D eigenvalue weighted by Crippen LogP contribution is 2.65. The van der Waals surface area contributed by atoms with Crippen molar-refractivity contribution in [1.82, 2.24) is 0 Å². The number of carbonyl (C=O) groups is 3. The first-order chi connectivity index (χ1) is 10.9. The Balaban J connectivity index is 1.96. The maximum atomic E-state index is 13.5. The molecule has 0 aromatic heterocycles. The van der Waals surface area contributed by atoms with Gasteiger partial charge in [0.25, 0.3) is 0 Å². The summed E-state index contributed by atoms with van der Waals surface area (Å²) in [6.45, 7) is 1.82. The lowest BCUT2D eigenvalue weighted by Gasteiger charge is -2.62. The zero-order valence-electron chi connectivity index (χ0n) is 13.6. The van der Waals surface area contributed by atoms with Crippen molar-refractivity contribution in [2.75, 3.05) is 13.7 Å². The number of methoxy groups -OCH3 is 1. The van der Waals surface area contributed by atoms with E-state index < -0.39 is 22.3 Å². The summed E-state index contributed by atoms with van der Waals surface area (Å²) in [6.07, 6.45) is 7.16. The number of ether oxygens (including phenoxy) is 2. The molecule has 5 rings (SSSR count). The van der Waals surface area contributed by atoms with E-state index in [1.54, 1.807) is 6.92 Å². The predicted molar refractivity (Wildman–Crippen MR) is 80.5 cm³/mol. The van der Waals surface area contributed by atoms with E-state index in [4.69, 9.17) is 9.47 Å². The number of allylic oxidation sites excluding steroid dienone is 1. The van der Waals surface area contributed by atoms with Crippen molar-refractivity contribution < 1.29 is 23.9 Å². The van der Waals surface area contributed by atoms with Gasteiger partial charge in [-0.2, -0.15) is 0 Å². The summed E-state index contributed by atoms with van der Waals surface area (Å²) in [7, 11) is 1.54. The van der Waals surface area contributed by atoms with Crippen LogP contribution in [0.1, 0.15) is 39.0 Å². The van der Waals surface area contributed by atoms with Gasteiger partial charge in [0, 0.05) is 19.4 Å². The van der Waals surface area contributed by atoms with Gasteiger partial charge < -0.3 is 9.47 Å². The molecule has 5 nitrogen and oxygen atoms in total. The molecule has 2 unspecified atom stereocenters. The smallest absolute Gasteiger partial charge is 0.310 e. The van der Waals surface area contributed by atoms with Crippen LogP contribution in [0, 0.1) is 22.7 Å². The lowest BCUT2D eigenvalue weighted by Crippen LogP contribution is -2.73. The Morgan fingerprint density at radius 2 is 2.04 bits per heavy atom. The third-order valence-corrected chi connectivity index (χ3v) is 6.92. The molecule has 2 spiro atoms. The summed E-state index contributed by atoms with van der Waals surface area (Å²) in [6, 6.07) is 0. The van der Waals surface area contributed by atoms with Crippen LogP contribution in [0.3, 0.4) is 0 Å². The second kappa shape index (κ2) is 4.53. The van der Waals surface area contributed by atoms with Gasteiger partial charge >= 0.3 is 5.97 Å². The van der Waals surface area contributed by atoms with Gasteiger partial charge in [-0.1, -0.05) is 18.6 Å². The molecule has 1 heterocycles. The summed E-state index contributed by atoms with van der Waals surface area (Å²) in [5, 5.41) is 0. The minimum Gasteiger partial charge on any atom is -0.464 e. The van der Waals surface area contributed by atoms with Crippen molar-refractivity contribution in [2.24, 2.45) is 22.7 Å². The molecular formula is C18H22O5. The third-order valence-electron chi connectivity index (χ3n) is 6.92. The number of fused-ring (bicyclic) bond motifs is 1. The first-order valence-corrected chi connectivity index (χ1v) is 8.42. The monoisotopic (exact) mass is 318 g/mol. The molecule has 2 bridgehead atoms. The Morgan fingerprint density at radius 1 is 1.26 bits per heavy atom. The van der Waals surface area contributed by atoms with Gasteiger partial charge in [0.2, 0.25) is 0 Å². The van der Waals surface area contributed by atoms with E-state index in [2.05, 4.69) is 0 Å². The van der Waals surface area contributed by atoms with Gasteiger partial charge in [0.15, 0.2) is 5.78 Å². The molecule has 1 aliphatic heterocycles. The van der Waals surface area contributed by atoms with Gasteiger partial charge in [-0.05, 0) is 26.2 Å². The van der Waals surface area contributed by atoms with Crippen LogP contribution >= 0.6 is 0 Å². The predicted octanol–water partition coefficient (Wildman–Crippen LogP) is 1.84. The minimum absolute atomic E-state index is 0.0295. The average Bonchev–Trinajstić information content (AvgIpc) is 2.57. The molecule has 0 N–H and O–H groups in total. The number of cyclic esters (lactones) is 1. The molecule has 4 aliphatic carbocycles. The number of Topliss-reactive ketones (excluding diaryl/α,β-unsaturated/α-hetero) is 2. The Labute approximate surface area is 135 Å². The van der Waals surface area contributed by atoms with E-state index in [1.807, 2.05) is 12.2 Å². The number of ketones is 2. The zero-order chi connectivity index (χ0) is 16.5. The van der Waals surface area contributed by atoms with Gasteiger partial charge in [0.1, 0.15) is 18.0 Å². The molecule has 1 saturated heterocycles. The van der Waals surface area contributed by atoms with Crippen molar-refractivity contribution in [3.8, 4) is 0 Å². The van der Waals surface area contributed by atoms with Gasteiger partial charge in [-0.3, -0.25) is 14.4 Å². The van der Waals surface area contributed by atoms with Crippen LogP contribution in [-0.2, 0) is 23.9 Å². The van der Waals surface area contributed by atoms with Crippen LogP contribution in [-0.4, -0.2) is 36.9 Å². The maximum absolute atomic E-state index is 13.5. The van der Waals surface area contributed by atoms with Crippen LogP contribution < -0.4 is 0 Å². The molecule has 0 aromatic rings. The molecule has 124 valence electrons. The number of rotatable bonds is 1. The summed E-state index contributed by atoms with van der Waals surface area (Å²) < 4.78 is 11.0. The normalized spacial score (nSPS) is 48.5. The minimum atomic E-state index is -1.08. The van der Waals surface area contributed by atoms with Crippen LogP contribution in [0.25, 0.3) is 0 Å². The van der Waals surface area contributed by atoms with Gasteiger partial charge in [-0.15, -0.1) is 0 Å². The SMILES string of the molecule is COC1(C)C(=O)[C@@]23C=C[C@@H]1CC2C(=O)OC[C@]31CCCCC1=O. The van der Waals surface area contributed by atoms with Crippen LogP contribution in [0.2, 0.25) is 0 Å². The summed E-state index contributed by atoms with van der Waals surface area (Å²) in [5.74, 6) is -1.08. The van der Waals surface area contributed by atoms with E-state index in [0.29, 0.717) is 19.3 Å². The molecule has 3 fully saturated rings. The topological polar surface area (TPSA) is 69.7 Å². The largest absolute Gasteiger partial charge is 0.464 e. The fourth-order valence-electron chi connectivity index (χ4n) is 5.46. The maximum Gasteiger partial charge on any atom is 0.310 e.